The Morgan fingerprint density at radius 3 is 2.83 bits per heavy atom. The number of carbonyl (C=O) groups is 1. The predicted molar refractivity (Wildman–Crippen MR) is 22.4 cm³/mol. The van der Waals surface area contributed by atoms with Gasteiger partial charge in [-0.1, -0.05) is 0 Å². The predicted octanol–water partition coefficient (Wildman–Crippen LogP) is -0.0438. The quantitative estimate of drug-likeness (QED) is 0.482. The van der Waals surface area contributed by atoms with Crippen molar-refractivity contribution in [3.8, 4) is 0 Å². The van der Waals surface area contributed by atoms with Crippen LogP contribution in [0.15, 0.2) is 0 Å². The minimum absolute atomic E-state index is 0.407. The fourth-order valence-electron chi connectivity index (χ4n) is 0.114. The maximum absolute atomic E-state index is 9.60. The van der Waals surface area contributed by atoms with Crippen LogP contribution in [0.1, 0.15) is 14.7 Å². The van der Waals surface area contributed by atoms with E-state index in [0.717, 1.165) is 0 Å². The van der Waals surface area contributed by atoms with Gasteiger partial charge in [0.25, 0.3) is 0 Å². The number of aliphatic hydroxyl groups is 1. The van der Waals surface area contributed by atoms with Gasteiger partial charge in [-0.05, 0) is 6.92 Å². The van der Waals surface area contributed by atoms with Crippen LogP contribution in [0.25, 0.3) is 0 Å². The standard InChI is InChI=1S/C4H8O2/c1-4(6)2-3-5/h3-4,6H,2H2,1H3/i2D. The molecule has 1 N–H and O–H groups in total. The zero-order valence-electron chi connectivity index (χ0n) is 4.59. The van der Waals surface area contributed by atoms with Gasteiger partial charge in [0, 0.05) is 7.77 Å². The van der Waals surface area contributed by atoms with Crippen LogP contribution >= 0.6 is 0 Å². The fourth-order valence-corrected chi connectivity index (χ4v) is 0.114. The largest absolute Gasteiger partial charge is 0.393 e. The lowest BCUT2D eigenvalue weighted by molar-refractivity contribution is -0.109. The lowest BCUT2D eigenvalue weighted by Crippen LogP contribution is -1.97. The van der Waals surface area contributed by atoms with Gasteiger partial charge in [0.1, 0.15) is 6.29 Å². The Labute approximate surface area is 38.2 Å². The molecule has 2 nitrogen and oxygen atoms in total. The van der Waals surface area contributed by atoms with Gasteiger partial charge < -0.3 is 9.90 Å². The van der Waals surface area contributed by atoms with Crippen molar-refractivity contribution in [3.63, 3.8) is 0 Å². The molecule has 0 heterocycles. The van der Waals surface area contributed by atoms with E-state index in [9.17, 15) is 4.79 Å². The van der Waals surface area contributed by atoms with Gasteiger partial charge in [-0.3, -0.25) is 0 Å². The van der Waals surface area contributed by atoms with Gasteiger partial charge in [0.15, 0.2) is 0 Å². The molecule has 0 aromatic rings. The first-order valence-electron chi connectivity index (χ1n) is 2.32. The highest BCUT2D eigenvalue weighted by molar-refractivity contribution is 5.49. The Hall–Kier alpha value is -0.370. The molecule has 0 radical (unpaired) electrons. The summed E-state index contributed by atoms with van der Waals surface area (Å²) in [7, 11) is 0. The lowest BCUT2D eigenvalue weighted by Gasteiger charge is -1.89. The second-order valence-electron chi connectivity index (χ2n) is 1.07. The van der Waals surface area contributed by atoms with Crippen LogP contribution in [0.5, 0.6) is 0 Å². The zero-order valence-corrected chi connectivity index (χ0v) is 3.59. The normalized spacial score (nSPS) is 21.3. The van der Waals surface area contributed by atoms with Gasteiger partial charge >= 0.3 is 0 Å². The summed E-state index contributed by atoms with van der Waals surface area (Å²) in [4.78, 5) is 9.60. The summed E-state index contributed by atoms with van der Waals surface area (Å²) in [5, 5.41) is 8.40. The summed E-state index contributed by atoms with van der Waals surface area (Å²) in [6, 6.07) is 0. The van der Waals surface area contributed by atoms with Crippen molar-refractivity contribution in [3.05, 3.63) is 0 Å². The number of hydrogen-bond acceptors (Lipinski definition) is 2. The maximum atomic E-state index is 9.60. The molecule has 2 heteroatoms. The smallest absolute Gasteiger partial charge is 0.122 e. The average Bonchev–Trinajstić information content (AvgIpc) is 1.65. The van der Waals surface area contributed by atoms with Crippen molar-refractivity contribution in [2.75, 3.05) is 0 Å². The first-order valence-corrected chi connectivity index (χ1v) is 1.74. The number of aldehydes is 1. The van der Waals surface area contributed by atoms with E-state index in [1.54, 1.807) is 0 Å². The Balaban J connectivity index is 3.33. The Kier molecular flexibility index (Phi) is 1.81. The van der Waals surface area contributed by atoms with Gasteiger partial charge in [-0.2, -0.15) is 0 Å². The van der Waals surface area contributed by atoms with Crippen LogP contribution < -0.4 is 0 Å². The first-order chi connectivity index (χ1) is 3.18. The summed E-state index contributed by atoms with van der Waals surface area (Å²) >= 11 is 0. The topological polar surface area (TPSA) is 37.3 Å². The Morgan fingerprint density at radius 1 is 2.33 bits per heavy atom. The van der Waals surface area contributed by atoms with Crippen molar-refractivity contribution in [2.24, 2.45) is 0 Å². The van der Waals surface area contributed by atoms with E-state index < -0.39 is 12.5 Å². The molecule has 6 heavy (non-hydrogen) atoms. The van der Waals surface area contributed by atoms with E-state index in [0.29, 0.717) is 6.29 Å². The molecule has 0 aromatic heterocycles. The summed E-state index contributed by atoms with van der Waals surface area (Å²) in [6.45, 7) is 1.41. The number of rotatable bonds is 2. The summed E-state index contributed by atoms with van der Waals surface area (Å²) in [5.41, 5.74) is 0. The van der Waals surface area contributed by atoms with E-state index in [4.69, 9.17) is 6.48 Å². The lowest BCUT2D eigenvalue weighted by atomic mass is 10.3. The van der Waals surface area contributed by atoms with Gasteiger partial charge in [0.2, 0.25) is 0 Å². The summed E-state index contributed by atoms with van der Waals surface area (Å²) < 4.78 is 6.66. The van der Waals surface area contributed by atoms with Crippen LogP contribution in [0.3, 0.4) is 0 Å². The van der Waals surface area contributed by atoms with Crippen molar-refractivity contribution in [1.82, 2.24) is 0 Å². The molecule has 0 aliphatic rings. The van der Waals surface area contributed by atoms with E-state index in [1.807, 2.05) is 0 Å². The number of carbonyl (C=O) groups excluding carboxylic acids is 1. The second kappa shape index (κ2) is 2.85. The molecule has 36 valence electrons. The molecule has 0 saturated heterocycles. The SMILES string of the molecule is [2H]C(C=O)C(C)O. The van der Waals surface area contributed by atoms with Crippen LogP contribution in [0.2, 0.25) is 0 Å². The highest BCUT2D eigenvalue weighted by Gasteiger charge is 1.87. The average molecular weight is 89.1 g/mol. The zero-order chi connectivity index (χ0) is 5.86. The number of aliphatic hydroxyl groups excluding tert-OH is 1. The van der Waals surface area contributed by atoms with Gasteiger partial charge in [-0.25, -0.2) is 0 Å². The molecule has 0 saturated carbocycles. The van der Waals surface area contributed by atoms with Crippen LogP contribution in [0.4, 0.5) is 0 Å². The van der Waals surface area contributed by atoms with E-state index in [2.05, 4.69) is 0 Å². The highest BCUT2D eigenvalue weighted by Crippen LogP contribution is 1.79. The summed E-state index contributed by atoms with van der Waals surface area (Å²) in [5.74, 6) is 0. The maximum Gasteiger partial charge on any atom is 0.122 e. The monoisotopic (exact) mass is 89.1 g/mol. The Bertz CT molecular complexity index is 62.7. The van der Waals surface area contributed by atoms with E-state index in [1.165, 1.54) is 6.92 Å². The molecule has 0 amide bonds. The molecule has 0 aliphatic heterocycles. The van der Waals surface area contributed by atoms with Crippen molar-refractivity contribution in [2.45, 2.75) is 19.4 Å². The van der Waals surface area contributed by atoms with E-state index in [-0.39, 0.29) is 0 Å². The highest BCUT2D eigenvalue weighted by atomic mass is 16.3. The van der Waals surface area contributed by atoms with Crippen molar-refractivity contribution >= 4 is 6.29 Å². The molecular formula is C4H8O2. The molecule has 0 rings (SSSR count). The van der Waals surface area contributed by atoms with Crippen LogP contribution in [0, 0.1) is 0 Å². The third-order valence-corrected chi connectivity index (χ3v) is 0.357. The van der Waals surface area contributed by atoms with E-state index >= 15 is 0 Å². The molecular weight excluding hydrogens is 80.0 g/mol. The number of hydrogen-bond donors (Lipinski definition) is 1. The molecule has 0 spiro atoms. The van der Waals surface area contributed by atoms with Crippen molar-refractivity contribution in [1.29, 1.82) is 0 Å². The molecule has 2 unspecified atom stereocenters. The summed E-state index contributed by atoms with van der Waals surface area (Å²) in [6.07, 6.45) is -1.40. The molecule has 0 aromatic carbocycles. The minimum atomic E-state index is -0.972. The van der Waals surface area contributed by atoms with Crippen molar-refractivity contribution < 1.29 is 11.3 Å². The second-order valence-corrected chi connectivity index (χ2v) is 1.07. The molecule has 0 bridgehead atoms. The molecule has 0 aliphatic carbocycles. The van der Waals surface area contributed by atoms with Gasteiger partial charge in [-0.15, -0.1) is 0 Å². The van der Waals surface area contributed by atoms with Crippen LogP contribution in [-0.4, -0.2) is 17.5 Å². The molecule has 0 fully saturated rings. The fraction of sp³-hybridized carbons (Fsp3) is 0.750. The van der Waals surface area contributed by atoms with Crippen LogP contribution in [-0.2, 0) is 4.79 Å². The Morgan fingerprint density at radius 2 is 2.83 bits per heavy atom. The third kappa shape index (κ3) is 3.63. The first kappa shape index (κ1) is 3.81. The molecule has 2 atom stereocenters. The minimum Gasteiger partial charge on any atom is -0.393 e. The third-order valence-electron chi connectivity index (χ3n) is 0.357. The van der Waals surface area contributed by atoms with Gasteiger partial charge in [0.05, 0.1) is 6.10 Å².